The van der Waals surface area contributed by atoms with Crippen LogP contribution in [0, 0.1) is 6.92 Å². The average molecular weight is 358 g/mol. The molecule has 0 aliphatic rings. The van der Waals surface area contributed by atoms with Crippen LogP contribution in [0.3, 0.4) is 0 Å². The summed E-state index contributed by atoms with van der Waals surface area (Å²) in [6.07, 6.45) is 2.03. The molecule has 0 atom stereocenters. The Labute approximate surface area is 158 Å². The number of rotatable bonds is 2. The summed E-state index contributed by atoms with van der Waals surface area (Å²) < 4.78 is 1.99. The van der Waals surface area contributed by atoms with E-state index in [0.717, 1.165) is 33.5 Å². The van der Waals surface area contributed by atoms with Crippen molar-refractivity contribution in [1.82, 2.24) is 9.38 Å². The van der Waals surface area contributed by atoms with Gasteiger partial charge in [-0.1, -0.05) is 51.1 Å². The van der Waals surface area contributed by atoms with E-state index in [1.165, 1.54) is 0 Å². The van der Waals surface area contributed by atoms with Crippen LogP contribution in [0.1, 0.15) is 32.0 Å². The maximum absolute atomic E-state index is 10.1. The molecular weight excluding hydrogens is 336 g/mol. The maximum atomic E-state index is 10.1. The molecule has 0 unspecified atom stereocenters. The molecule has 0 aliphatic heterocycles. The number of phenolic OH excluding ortho intramolecular Hbond substituents is 1. The van der Waals surface area contributed by atoms with E-state index < -0.39 is 0 Å². The molecule has 0 radical (unpaired) electrons. The quantitative estimate of drug-likeness (QED) is 0.433. The summed E-state index contributed by atoms with van der Waals surface area (Å²) in [5.74, 6) is 0.976. The minimum atomic E-state index is -0.161. The van der Waals surface area contributed by atoms with Gasteiger partial charge in [-0.25, -0.2) is 4.98 Å². The van der Waals surface area contributed by atoms with Crippen LogP contribution in [0.4, 0.5) is 11.5 Å². The van der Waals surface area contributed by atoms with Crippen molar-refractivity contribution in [3.05, 3.63) is 66.0 Å². The number of aryl methyl sites for hydroxylation is 1. The zero-order chi connectivity index (χ0) is 19.2. The molecule has 5 nitrogen and oxygen atoms in total. The van der Waals surface area contributed by atoms with Gasteiger partial charge in [0, 0.05) is 22.4 Å². The van der Waals surface area contributed by atoms with Crippen molar-refractivity contribution in [3.8, 4) is 5.75 Å². The van der Waals surface area contributed by atoms with E-state index in [4.69, 9.17) is 4.98 Å². The molecule has 4 rings (SSSR count). The molecule has 2 aromatic carbocycles. The molecule has 0 saturated carbocycles. The van der Waals surface area contributed by atoms with Crippen molar-refractivity contribution in [3.63, 3.8) is 0 Å². The van der Waals surface area contributed by atoms with Crippen molar-refractivity contribution in [2.75, 3.05) is 0 Å². The van der Waals surface area contributed by atoms with Crippen LogP contribution in [-0.2, 0) is 5.41 Å². The SMILES string of the molecule is Cc1ccc2nc(C(C)(C)C)c(N=Nc3cccc4c(O)cccc34)n2c1. The summed E-state index contributed by atoms with van der Waals surface area (Å²) in [4.78, 5) is 4.78. The summed E-state index contributed by atoms with van der Waals surface area (Å²) in [6, 6.07) is 15.1. The number of nitrogens with zero attached hydrogens (tertiary/aromatic N) is 4. The Morgan fingerprint density at radius 2 is 1.67 bits per heavy atom. The third-order valence-electron chi connectivity index (χ3n) is 4.58. The molecule has 0 saturated heterocycles. The van der Waals surface area contributed by atoms with Crippen LogP contribution in [-0.4, -0.2) is 14.5 Å². The Kier molecular flexibility index (Phi) is 3.95. The summed E-state index contributed by atoms with van der Waals surface area (Å²) in [5, 5.41) is 20.8. The minimum absolute atomic E-state index is 0.161. The fourth-order valence-electron chi connectivity index (χ4n) is 3.20. The van der Waals surface area contributed by atoms with Crippen molar-refractivity contribution in [2.45, 2.75) is 33.1 Å². The van der Waals surface area contributed by atoms with Crippen molar-refractivity contribution < 1.29 is 5.11 Å². The molecule has 4 aromatic rings. The van der Waals surface area contributed by atoms with Gasteiger partial charge in [0.05, 0.1) is 11.4 Å². The zero-order valence-electron chi connectivity index (χ0n) is 15.9. The molecule has 0 spiro atoms. The van der Waals surface area contributed by atoms with E-state index in [1.54, 1.807) is 6.07 Å². The Morgan fingerprint density at radius 1 is 0.926 bits per heavy atom. The number of hydrogen-bond acceptors (Lipinski definition) is 4. The lowest BCUT2D eigenvalue weighted by Gasteiger charge is -2.15. The zero-order valence-corrected chi connectivity index (χ0v) is 15.9. The fourth-order valence-corrected chi connectivity index (χ4v) is 3.20. The van der Waals surface area contributed by atoms with Crippen LogP contribution in [0.25, 0.3) is 16.4 Å². The third-order valence-corrected chi connectivity index (χ3v) is 4.58. The lowest BCUT2D eigenvalue weighted by molar-refractivity contribution is 0.481. The molecule has 0 aliphatic carbocycles. The number of aromatic hydroxyl groups is 1. The Morgan fingerprint density at radius 3 is 2.44 bits per heavy atom. The second-order valence-electron chi connectivity index (χ2n) is 7.82. The third kappa shape index (κ3) is 3.05. The molecule has 5 heteroatoms. The first kappa shape index (κ1) is 17.2. The highest BCUT2D eigenvalue weighted by molar-refractivity contribution is 5.96. The monoisotopic (exact) mass is 358 g/mol. The number of fused-ring (bicyclic) bond motifs is 2. The van der Waals surface area contributed by atoms with Gasteiger partial charge in [0.1, 0.15) is 11.4 Å². The lowest BCUT2D eigenvalue weighted by Crippen LogP contribution is -2.11. The normalized spacial score (nSPS) is 12.4. The number of aromatic nitrogens is 2. The standard InChI is InChI=1S/C22H22N4O/c1-14-11-12-19-23-20(22(2,3)4)21(26(19)13-14)25-24-17-9-5-8-16-15(17)7-6-10-18(16)27/h5-13,27H,1-4H3. The highest BCUT2D eigenvalue weighted by atomic mass is 16.3. The topological polar surface area (TPSA) is 62.2 Å². The number of phenols is 1. The van der Waals surface area contributed by atoms with Crippen LogP contribution in [0.15, 0.2) is 65.0 Å². The summed E-state index contributed by atoms with van der Waals surface area (Å²) in [6.45, 7) is 8.41. The predicted molar refractivity (Wildman–Crippen MR) is 108 cm³/mol. The van der Waals surface area contributed by atoms with Crippen LogP contribution >= 0.6 is 0 Å². The lowest BCUT2D eigenvalue weighted by atomic mass is 9.92. The van der Waals surface area contributed by atoms with Crippen molar-refractivity contribution in [1.29, 1.82) is 0 Å². The number of pyridine rings is 1. The molecular formula is C22H22N4O. The van der Waals surface area contributed by atoms with Gasteiger partial charge in [-0.3, -0.25) is 4.40 Å². The first-order valence-corrected chi connectivity index (χ1v) is 8.96. The number of benzene rings is 2. The second kappa shape index (κ2) is 6.20. The molecule has 1 N–H and O–H groups in total. The summed E-state index contributed by atoms with van der Waals surface area (Å²) >= 11 is 0. The van der Waals surface area contributed by atoms with Crippen molar-refractivity contribution in [2.24, 2.45) is 10.2 Å². The fraction of sp³-hybridized carbons (Fsp3) is 0.227. The average Bonchev–Trinajstić information content (AvgIpc) is 2.98. The van der Waals surface area contributed by atoms with Gasteiger partial charge in [0.25, 0.3) is 0 Å². The molecule has 136 valence electrons. The van der Waals surface area contributed by atoms with Crippen LogP contribution < -0.4 is 0 Å². The second-order valence-corrected chi connectivity index (χ2v) is 7.82. The Hall–Kier alpha value is -3.21. The van der Waals surface area contributed by atoms with Gasteiger partial charge in [-0.05, 0) is 30.7 Å². The van der Waals surface area contributed by atoms with Gasteiger partial charge in [-0.2, -0.15) is 0 Å². The van der Waals surface area contributed by atoms with Gasteiger partial charge >= 0.3 is 0 Å². The van der Waals surface area contributed by atoms with Crippen molar-refractivity contribution >= 4 is 27.9 Å². The molecule has 0 bridgehead atoms. The van der Waals surface area contributed by atoms with E-state index in [2.05, 4.69) is 31.0 Å². The Balaban J connectivity index is 1.91. The Bertz CT molecular complexity index is 1180. The van der Waals surface area contributed by atoms with E-state index in [9.17, 15) is 5.11 Å². The first-order valence-electron chi connectivity index (χ1n) is 8.96. The van der Waals surface area contributed by atoms with Gasteiger partial charge in [-0.15, -0.1) is 10.2 Å². The summed E-state index contributed by atoms with van der Waals surface area (Å²) in [5.41, 5.74) is 3.44. The molecule has 2 aromatic heterocycles. The number of imidazole rings is 1. The summed E-state index contributed by atoms with van der Waals surface area (Å²) in [7, 11) is 0. The van der Waals surface area contributed by atoms with E-state index >= 15 is 0 Å². The smallest absolute Gasteiger partial charge is 0.183 e. The minimum Gasteiger partial charge on any atom is -0.507 e. The number of hydrogen-bond donors (Lipinski definition) is 1. The highest BCUT2D eigenvalue weighted by Gasteiger charge is 2.24. The highest BCUT2D eigenvalue weighted by Crippen LogP contribution is 2.35. The van der Waals surface area contributed by atoms with Crippen LogP contribution in [0.2, 0.25) is 0 Å². The molecule has 0 fully saturated rings. The van der Waals surface area contributed by atoms with Gasteiger partial charge in [0.2, 0.25) is 0 Å². The van der Waals surface area contributed by atoms with Gasteiger partial charge < -0.3 is 5.11 Å². The molecule has 27 heavy (non-hydrogen) atoms. The predicted octanol–water partition coefficient (Wildman–Crippen LogP) is 6.21. The number of azo groups is 1. The van der Waals surface area contributed by atoms with E-state index in [-0.39, 0.29) is 11.2 Å². The largest absolute Gasteiger partial charge is 0.507 e. The van der Waals surface area contributed by atoms with E-state index in [1.807, 2.05) is 60.0 Å². The van der Waals surface area contributed by atoms with Gasteiger partial charge in [0.15, 0.2) is 5.82 Å². The first-order chi connectivity index (χ1) is 12.8. The molecule has 2 heterocycles. The van der Waals surface area contributed by atoms with Crippen LogP contribution in [0.5, 0.6) is 5.75 Å². The molecule has 0 amide bonds. The van der Waals surface area contributed by atoms with E-state index in [0.29, 0.717) is 5.69 Å². The maximum Gasteiger partial charge on any atom is 0.183 e.